The van der Waals surface area contributed by atoms with E-state index in [9.17, 15) is 23.5 Å². The highest BCUT2D eigenvalue weighted by atomic mass is 19.1. The number of hydrogen-bond acceptors (Lipinski definition) is 4. The highest BCUT2D eigenvalue weighted by molar-refractivity contribution is 5.90. The third-order valence-electron chi connectivity index (χ3n) is 8.43. The number of hydrogen-bond donors (Lipinski definition) is 3. The first kappa shape index (κ1) is 35.9. The van der Waals surface area contributed by atoms with Gasteiger partial charge in [-0.05, 0) is 87.4 Å². The van der Waals surface area contributed by atoms with Crippen LogP contribution in [0.3, 0.4) is 0 Å². The van der Waals surface area contributed by atoms with Gasteiger partial charge in [0.05, 0.1) is 16.9 Å². The van der Waals surface area contributed by atoms with E-state index < -0.39 is 34.5 Å². The molecule has 0 saturated heterocycles. The largest absolute Gasteiger partial charge is 0.391 e. The molecule has 1 aliphatic carbocycles. The van der Waals surface area contributed by atoms with Crippen molar-refractivity contribution in [3.05, 3.63) is 82.4 Å². The fraction of sp³-hybridized carbons (Fsp3) is 0.514. The maximum absolute atomic E-state index is 14.5. The fourth-order valence-corrected chi connectivity index (χ4v) is 6.59. The smallest absolute Gasteiger partial charge is 0.231 e. The Morgan fingerprint density at radius 1 is 1.09 bits per heavy atom. The van der Waals surface area contributed by atoms with Crippen LogP contribution in [0.15, 0.2) is 54.1 Å². The molecule has 0 fully saturated rings. The number of aliphatic hydroxyl groups excluding tert-OH is 1. The van der Waals surface area contributed by atoms with Crippen molar-refractivity contribution in [3.63, 3.8) is 0 Å². The molecular weight excluding hydrogens is 572 g/mol. The van der Waals surface area contributed by atoms with Gasteiger partial charge in [-0.1, -0.05) is 63.3 Å². The highest BCUT2D eigenvalue weighted by Crippen LogP contribution is 2.51. The van der Waals surface area contributed by atoms with Gasteiger partial charge >= 0.3 is 0 Å². The first-order chi connectivity index (χ1) is 21.4. The van der Waals surface area contributed by atoms with Gasteiger partial charge in [-0.2, -0.15) is 0 Å². The molecular formula is C37H49F2N3O3. The second-order valence-corrected chi connectivity index (χ2v) is 12.8. The van der Waals surface area contributed by atoms with Crippen LogP contribution in [-0.4, -0.2) is 47.6 Å². The summed E-state index contributed by atoms with van der Waals surface area (Å²) in [4.78, 5) is 29.5. The average molecular weight is 622 g/mol. The van der Waals surface area contributed by atoms with Crippen molar-refractivity contribution in [3.8, 4) is 11.8 Å². The van der Waals surface area contributed by atoms with Crippen molar-refractivity contribution < 1.29 is 23.5 Å². The molecule has 2 amide bonds. The lowest BCUT2D eigenvalue weighted by Crippen LogP contribution is -2.62. The minimum Gasteiger partial charge on any atom is -0.391 e. The molecule has 0 saturated carbocycles. The SMILES string of the molecule is CCCN(CCC)C(=O)C1(CCCNCc2cccc(C#CC(C)C)c2)CC(C)=C[C@](Cc2cc(F)cc(F)c2)(C(N)=O)[C@@H]1O. The predicted molar refractivity (Wildman–Crippen MR) is 175 cm³/mol. The Hall–Kier alpha value is -3.54. The number of nitrogens with two attached hydrogens (primary N) is 1. The van der Waals surface area contributed by atoms with Crippen molar-refractivity contribution >= 4 is 11.8 Å². The number of nitrogens with one attached hydrogen (secondary N) is 1. The monoisotopic (exact) mass is 621 g/mol. The fourth-order valence-electron chi connectivity index (χ4n) is 6.59. The number of amides is 2. The third-order valence-corrected chi connectivity index (χ3v) is 8.43. The summed E-state index contributed by atoms with van der Waals surface area (Å²) in [5.41, 5.74) is 5.87. The van der Waals surface area contributed by atoms with Gasteiger partial charge in [0, 0.05) is 37.2 Å². The lowest BCUT2D eigenvalue weighted by Gasteiger charge is -2.50. The molecule has 244 valence electrons. The van der Waals surface area contributed by atoms with Crippen molar-refractivity contribution in [2.45, 2.75) is 85.8 Å². The molecule has 6 nitrogen and oxygen atoms in total. The molecule has 2 aromatic rings. The maximum Gasteiger partial charge on any atom is 0.231 e. The van der Waals surface area contributed by atoms with Gasteiger partial charge in [0.1, 0.15) is 11.6 Å². The van der Waals surface area contributed by atoms with Crippen molar-refractivity contribution in [2.24, 2.45) is 22.5 Å². The van der Waals surface area contributed by atoms with E-state index in [2.05, 4.69) is 37.1 Å². The second-order valence-electron chi connectivity index (χ2n) is 12.8. The van der Waals surface area contributed by atoms with Gasteiger partial charge < -0.3 is 21.1 Å². The molecule has 45 heavy (non-hydrogen) atoms. The summed E-state index contributed by atoms with van der Waals surface area (Å²) in [6, 6.07) is 11.1. The summed E-state index contributed by atoms with van der Waals surface area (Å²) in [7, 11) is 0. The summed E-state index contributed by atoms with van der Waals surface area (Å²) in [6.07, 6.45) is 2.42. The van der Waals surface area contributed by atoms with E-state index >= 15 is 0 Å². The minimum atomic E-state index is -1.73. The Labute approximate surface area is 267 Å². The highest BCUT2D eigenvalue weighted by Gasteiger charge is 2.59. The van der Waals surface area contributed by atoms with E-state index in [0.717, 1.165) is 47.7 Å². The predicted octanol–water partition coefficient (Wildman–Crippen LogP) is 5.90. The minimum absolute atomic E-state index is 0.179. The summed E-state index contributed by atoms with van der Waals surface area (Å²) in [6.45, 7) is 12.1. The average Bonchev–Trinajstić information content (AvgIpc) is 2.97. The summed E-state index contributed by atoms with van der Waals surface area (Å²) < 4.78 is 28.4. The molecule has 0 bridgehead atoms. The zero-order valence-electron chi connectivity index (χ0n) is 27.4. The Balaban J connectivity index is 1.92. The number of aliphatic hydroxyl groups is 1. The van der Waals surface area contributed by atoms with Crippen LogP contribution < -0.4 is 11.1 Å². The topological polar surface area (TPSA) is 95.7 Å². The van der Waals surface area contributed by atoms with Gasteiger partial charge in [0.2, 0.25) is 11.8 Å². The van der Waals surface area contributed by atoms with Gasteiger partial charge in [0.25, 0.3) is 0 Å². The number of carbonyl (C=O) groups excluding carboxylic acids is 2. The van der Waals surface area contributed by atoms with E-state index in [0.29, 0.717) is 39.0 Å². The first-order valence-electron chi connectivity index (χ1n) is 16.1. The molecule has 4 N–H and O–H groups in total. The molecule has 0 spiro atoms. The van der Waals surface area contributed by atoms with E-state index in [-0.39, 0.29) is 30.2 Å². The number of primary amides is 1. The first-order valence-corrected chi connectivity index (χ1v) is 16.1. The number of nitrogens with zero attached hydrogens (tertiary/aromatic N) is 1. The van der Waals surface area contributed by atoms with Crippen molar-refractivity contribution in [1.29, 1.82) is 0 Å². The second kappa shape index (κ2) is 16.1. The summed E-state index contributed by atoms with van der Waals surface area (Å²) in [5.74, 6) is 4.01. The van der Waals surface area contributed by atoms with Gasteiger partial charge in [-0.25, -0.2) is 8.78 Å². The lowest BCUT2D eigenvalue weighted by molar-refractivity contribution is -0.162. The molecule has 0 radical (unpaired) electrons. The third kappa shape index (κ3) is 9.02. The maximum atomic E-state index is 14.5. The van der Waals surface area contributed by atoms with Gasteiger partial charge in [-0.3, -0.25) is 9.59 Å². The van der Waals surface area contributed by atoms with Gasteiger partial charge in [-0.15, -0.1) is 0 Å². The number of carbonyl (C=O) groups is 2. The van der Waals surface area contributed by atoms with Crippen LogP contribution in [0.2, 0.25) is 0 Å². The van der Waals surface area contributed by atoms with Crippen LogP contribution in [0.5, 0.6) is 0 Å². The normalized spacial score (nSPS) is 21.2. The molecule has 0 aromatic heterocycles. The Morgan fingerprint density at radius 3 is 2.36 bits per heavy atom. The van der Waals surface area contributed by atoms with Crippen LogP contribution in [0, 0.1) is 40.2 Å². The van der Waals surface area contributed by atoms with Crippen LogP contribution in [0.25, 0.3) is 0 Å². The zero-order chi connectivity index (χ0) is 33.2. The summed E-state index contributed by atoms with van der Waals surface area (Å²) in [5, 5.41) is 15.7. The summed E-state index contributed by atoms with van der Waals surface area (Å²) >= 11 is 0. The van der Waals surface area contributed by atoms with Crippen LogP contribution in [0.1, 0.15) is 83.4 Å². The molecule has 0 heterocycles. The molecule has 3 atom stereocenters. The van der Waals surface area contributed by atoms with Gasteiger partial charge in [0.15, 0.2) is 0 Å². The van der Waals surface area contributed by atoms with E-state index in [4.69, 9.17) is 5.73 Å². The van der Waals surface area contributed by atoms with Crippen LogP contribution in [0.4, 0.5) is 8.78 Å². The molecule has 1 aliphatic rings. The van der Waals surface area contributed by atoms with Crippen LogP contribution in [-0.2, 0) is 22.6 Å². The van der Waals surface area contributed by atoms with E-state index in [1.807, 2.05) is 39.0 Å². The molecule has 3 rings (SSSR count). The van der Waals surface area contributed by atoms with Crippen molar-refractivity contribution in [2.75, 3.05) is 19.6 Å². The van der Waals surface area contributed by atoms with E-state index in [1.165, 1.54) is 0 Å². The van der Waals surface area contributed by atoms with E-state index in [1.54, 1.807) is 11.0 Å². The Morgan fingerprint density at radius 2 is 1.76 bits per heavy atom. The Kier molecular flexibility index (Phi) is 12.9. The quantitative estimate of drug-likeness (QED) is 0.139. The lowest BCUT2D eigenvalue weighted by atomic mass is 9.57. The molecule has 2 aromatic carbocycles. The van der Waals surface area contributed by atoms with Crippen molar-refractivity contribution in [1.82, 2.24) is 10.2 Å². The molecule has 1 unspecified atom stereocenters. The number of rotatable bonds is 14. The molecule has 0 aliphatic heterocycles. The number of allylic oxidation sites excluding steroid dienone is 1. The molecule has 8 heteroatoms. The Bertz CT molecular complexity index is 1400. The van der Waals surface area contributed by atoms with Crippen LogP contribution >= 0.6 is 0 Å². The number of benzene rings is 2. The number of halogens is 2. The zero-order valence-corrected chi connectivity index (χ0v) is 27.4. The standard InChI is InChI=1S/C37H49F2N3O3/c1-6-16-42(17-7-2)35(45)36(14-9-15-41-25-29-11-8-10-28(18-29)13-12-26(3)4)22-27(5)23-37(33(36)43,34(40)44)24-30-19-31(38)21-32(39)20-30/h8,10-11,18-21,23,26,33,41,43H,6-7,9,14-17,22,24-25H2,1-5H3,(H2,40,44)/t33-,36?,37-/m1/s1.